The molecule has 1 heterocycles. The molecule has 0 radical (unpaired) electrons. The van der Waals surface area contributed by atoms with Gasteiger partial charge in [0, 0.05) is 16.0 Å². The third kappa shape index (κ3) is 3.65. The number of hydrogen-bond acceptors (Lipinski definition) is 2. The molecule has 0 fully saturated rings. The molecule has 0 unspecified atom stereocenters. The molecule has 5 heteroatoms. The predicted octanol–water partition coefficient (Wildman–Crippen LogP) is 6.46. The van der Waals surface area contributed by atoms with Gasteiger partial charge in [-0.2, -0.15) is 0 Å². The van der Waals surface area contributed by atoms with Crippen LogP contribution in [0.25, 0.3) is 22.2 Å². The van der Waals surface area contributed by atoms with Gasteiger partial charge in [-0.25, -0.2) is 4.98 Å². The molecule has 4 aromatic rings. The second-order valence-electron chi connectivity index (χ2n) is 6.02. The number of aromatic nitrogens is 1. The molecule has 0 atom stereocenters. The van der Waals surface area contributed by atoms with Crippen LogP contribution in [0, 0.1) is 0 Å². The average Bonchev–Trinajstić information content (AvgIpc) is 2.70. The van der Waals surface area contributed by atoms with Crippen molar-refractivity contribution in [2.75, 3.05) is 5.32 Å². The third-order valence-electron chi connectivity index (χ3n) is 4.21. The Morgan fingerprint density at radius 2 is 1.59 bits per heavy atom. The van der Waals surface area contributed by atoms with Crippen LogP contribution in [0.15, 0.2) is 78.9 Å². The molecule has 1 N–H and O–H groups in total. The number of para-hydroxylation sites is 1. The second-order valence-corrected chi connectivity index (χ2v) is 6.86. The van der Waals surface area contributed by atoms with E-state index in [9.17, 15) is 4.79 Å². The van der Waals surface area contributed by atoms with Crippen molar-refractivity contribution in [2.24, 2.45) is 0 Å². The van der Waals surface area contributed by atoms with Crippen LogP contribution in [-0.4, -0.2) is 10.9 Å². The zero-order valence-corrected chi connectivity index (χ0v) is 15.6. The molecule has 132 valence electrons. The second kappa shape index (κ2) is 7.39. The smallest absolute Gasteiger partial charge is 0.256 e. The van der Waals surface area contributed by atoms with Gasteiger partial charge >= 0.3 is 0 Å². The van der Waals surface area contributed by atoms with Crippen molar-refractivity contribution < 1.29 is 4.79 Å². The summed E-state index contributed by atoms with van der Waals surface area (Å²) in [6.07, 6.45) is 0. The molecule has 3 aromatic carbocycles. The van der Waals surface area contributed by atoms with E-state index < -0.39 is 0 Å². The summed E-state index contributed by atoms with van der Waals surface area (Å²) in [6, 6.07) is 24.1. The van der Waals surface area contributed by atoms with Crippen LogP contribution in [0.4, 0.5) is 5.69 Å². The molecule has 0 aliphatic carbocycles. The van der Waals surface area contributed by atoms with E-state index in [1.54, 1.807) is 24.3 Å². The van der Waals surface area contributed by atoms with Gasteiger partial charge in [0.1, 0.15) is 0 Å². The zero-order chi connectivity index (χ0) is 18.8. The van der Waals surface area contributed by atoms with Crippen LogP contribution in [0.3, 0.4) is 0 Å². The molecule has 3 nitrogen and oxygen atoms in total. The maximum atomic E-state index is 13.0. The maximum Gasteiger partial charge on any atom is 0.256 e. The zero-order valence-electron chi connectivity index (χ0n) is 14.1. The molecule has 0 aliphatic rings. The Hall–Kier alpha value is -2.88. The number of carbonyl (C=O) groups is 1. The summed E-state index contributed by atoms with van der Waals surface area (Å²) in [4.78, 5) is 17.7. The van der Waals surface area contributed by atoms with Crippen molar-refractivity contribution in [2.45, 2.75) is 0 Å². The number of anilines is 1. The van der Waals surface area contributed by atoms with Gasteiger partial charge in [-0.05, 0) is 30.3 Å². The van der Waals surface area contributed by atoms with Gasteiger partial charge in [-0.1, -0.05) is 71.7 Å². The highest BCUT2D eigenvalue weighted by Gasteiger charge is 2.15. The minimum Gasteiger partial charge on any atom is -0.321 e. The molecule has 0 bridgehead atoms. The van der Waals surface area contributed by atoms with Crippen molar-refractivity contribution in [3.63, 3.8) is 0 Å². The Labute approximate surface area is 166 Å². The summed E-state index contributed by atoms with van der Waals surface area (Å²) in [5.74, 6) is -0.269. The van der Waals surface area contributed by atoms with Crippen molar-refractivity contribution in [3.05, 3.63) is 94.5 Å². The summed E-state index contributed by atoms with van der Waals surface area (Å²) in [5, 5.41) is 4.55. The lowest BCUT2D eigenvalue weighted by Crippen LogP contribution is -2.13. The molecule has 0 saturated carbocycles. The van der Waals surface area contributed by atoms with Gasteiger partial charge in [0.05, 0.1) is 27.5 Å². The van der Waals surface area contributed by atoms with Crippen molar-refractivity contribution >= 4 is 45.7 Å². The van der Waals surface area contributed by atoms with Crippen LogP contribution in [0.2, 0.25) is 10.0 Å². The number of rotatable bonds is 3. The monoisotopic (exact) mass is 392 g/mol. The van der Waals surface area contributed by atoms with E-state index in [0.717, 1.165) is 22.2 Å². The van der Waals surface area contributed by atoms with E-state index in [2.05, 4.69) is 5.32 Å². The highest BCUT2D eigenvalue weighted by atomic mass is 35.5. The van der Waals surface area contributed by atoms with E-state index in [0.29, 0.717) is 21.3 Å². The Bertz CT molecular complexity index is 1140. The Kier molecular flexibility index (Phi) is 4.80. The van der Waals surface area contributed by atoms with Gasteiger partial charge in [0.15, 0.2) is 0 Å². The molecule has 4 rings (SSSR count). The van der Waals surface area contributed by atoms with E-state index in [1.807, 2.05) is 54.6 Å². The number of nitrogens with one attached hydrogen (secondary N) is 1. The first-order chi connectivity index (χ1) is 13.1. The van der Waals surface area contributed by atoms with Crippen LogP contribution in [0.5, 0.6) is 0 Å². The first-order valence-corrected chi connectivity index (χ1v) is 9.09. The Balaban J connectivity index is 1.82. The fourth-order valence-electron chi connectivity index (χ4n) is 2.90. The van der Waals surface area contributed by atoms with Gasteiger partial charge < -0.3 is 5.32 Å². The molecule has 0 aliphatic heterocycles. The minimum absolute atomic E-state index is 0.269. The van der Waals surface area contributed by atoms with E-state index >= 15 is 0 Å². The summed E-state index contributed by atoms with van der Waals surface area (Å²) < 4.78 is 0. The fraction of sp³-hybridized carbons (Fsp3) is 0. The maximum absolute atomic E-state index is 13.0. The van der Waals surface area contributed by atoms with E-state index in [-0.39, 0.29) is 5.91 Å². The molecular formula is C22H14Cl2N2O. The number of pyridine rings is 1. The predicted molar refractivity (Wildman–Crippen MR) is 112 cm³/mol. The average molecular weight is 393 g/mol. The molecular weight excluding hydrogens is 379 g/mol. The number of amides is 1. The van der Waals surface area contributed by atoms with Crippen molar-refractivity contribution in [3.8, 4) is 11.3 Å². The third-order valence-corrected chi connectivity index (χ3v) is 4.77. The molecule has 0 spiro atoms. The highest BCUT2D eigenvalue weighted by molar-refractivity contribution is 6.36. The molecule has 1 amide bonds. The van der Waals surface area contributed by atoms with Crippen LogP contribution >= 0.6 is 23.2 Å². The summed E-state index contributed by atoms with van der Waals surface area (Å²) in [6.45, 7) is 0. The Morgan fingerprint density at radius 3 is 2.41 bits per heavy atom. The van der Waals surface area contributed by atoms with Gasteiger partial charge in [-0.15, -0.1) is 0 Å². The number of fused-ring (bicyclic) bond motifs is 1. The number of halogens is 2. The molecule has 1 aromatic heterocycles. The highest BCUT2D eigenvalue weighted by Crippen LogP contribution is 2.28. The lowest BCUT2D eigenvalue weighted by atomic mass is 10.0. The standard InChI is InChI=1S/C22H14Cl2N2O/c23-15-10-11-18(24)21(12-15)26-22(27)17-13-20(14-6-2-1-3-7-14)25-19-9-5-4-8-16(17)19/h1-13H,(H,26,27). The number of nitrogens with zero attached hydrogens (tertiary/aromatic N) is 1. The topological polar surface area (TPSA) is 42.0 Å². The van der Waals surface area contributed by atoms with Crippen LogP contribution < -0.4 is 5.32 Å². The van der Waals surface area contributed by atoms with Crippen LogP contribution in [0.1, 0.15) is 10.4 Å². The largest absolute Gasteiger partial charge is 0.321 e. The first kappa shape index (κ1) is 17.5. The molecule has 0 saturated heterocycles. The van der Waals surface area contributed by atoms with Crippen molar-refractivity contribution in [1.29, 1.82) is 0 Å². The van der Waals surface area contributed by atoms with Gasteiger partial charge in [-0.3, -0.25) is 4.79 Å². The Morgan fingerprint density at radius 1 is 0.852 bits per heavy atom. The lowest BCUT2D eigenvalue weighted by molar-refractivity contribution is 0.102. The summed E-state index contributed by atoms with van der Waals surface area (Å²) in [5.41, 5.74) is 3.42. The fourth-order valence-corrected chi connectivity index (χ4v) is 3.24. The number of benzene rings is 3. The minimum atomic E-state index is -0.269. The van der Waals surface area contributed by atoms with Gasteiger partial charge in [0.2, 0.25) is 0 Å². The van der Waals surface area contributed by atoms with E-state index in [4.69, 9.17) is 28.2 Å². The van der Waals surface area contributed by atoms with Crippen molar-refractivity contribution in [1.82, 2.24) is 4.98 Å². The van der Waals surface area contributed by atoms with Gasteiger partial charge in [0.25, 0.3) is 5.91 Å². The number of carbonyl (C=O) groups excluding carboxylic acids is 1. The first-order valence-electron chi connectivity index (χ1n) is 8.33. The lowest BCUT2D eigenvalue weighted by Gasteiger charge is -2.12. The quantitative estimate of drug-likeness (QED) is 0.434. The van der Waals surface area contributed by atoms with Crippen LogP contribution in [-0.2, 0) is 0 Å². The number of hydrogen-bond donors (Lipinski definition) is 1. The SMILES string of the molecule is O=C(Nc1cc(Cl)ccc1Cl)c1cc(-c2ccccc2)nc2ccccc12. The normalized spacial score (nSPS) is 10.7. The molecule has 27 heavy (non-hydrogen) atoms. The van der Waals surface area contributed by atoms with E-state index in [1.165, 1.54) is 0 Å². The summed E-state index contributed by atoms with van der Waals surface area (Å²) >= 11 is 12.2. The summed E-state index contributed by atoms with van der Waals surface area (Å²) in [7, 11) is 0.